The molecule has 0 saturated carbocycles. The van der Waals surface area contributed by atoms with Crippen molar-refractivity contribution in [3.63, 3.8) is 0 Å². The Hall–Kier alpha value is -3.42. The maximum Gasteiger partial charge on any atom is 0.407 e. The lowest BCUT2D eigenvalue weighted by atomic mass is 9.98. The lowest BCUT2D eigenvalue weighted by Crippen LogP contribution is -2.31. The second-order valence-electron chi connectivity index (χ2n) is 8.28. The number of alkyl carbamates (subject to hydrolysis) is 1. The Morgan fingerprint density at radius 3 is 2.33 bits per heavy atom. The molecule has 0 radical (unpaired) electrons. The first kappa shape index (κ1) is 22.8. The molecule has 0 aromatic heterocycles. The van der Waals surface area contributed by atoms with Crippen molar-refractivity contribution in [2.45, 2.75) is 31.5 Å². The first-order valence-corrected chi connectivity index (χ1v) is 10.9. The smallest absolute Gasteiger partial charge is 0.407 e. The molecule has 0 aliphatic heterocycles. The van der Waals surface area contributed by atoms with Crippen molar-refractivity contribution in [3.05, 3.63) is 88.7 Å². The molecule has 0 fully saturated rings. The second kappa shape index (κ2) is 9.60. The maximum absolute atomic E-state index is 13.7. The third-order valence-corrected chi connectivity index (χ3v) is 6.12. The first-order chi connectivity index (χ1) is 15.9. The number of halogens is 1. The molecule has 33 heavy (non-hydrogen) atoms. The Balaban J connectivity index is 1.30. The van der Waals surface area contributed by atoms with Crippen molar-refractivity contribution in [2.24, 2.45) is 0 Å². The number of aliphatic hydroxyl groups is 2. The van der Waals surface area contributed by atoms with Crippen molar-refractivity contribution >= 4 is 11.8 Å². The van der Waals surface area contributed by atoms with Gasteiger partial charge in [0.1, 0.15) is 18.5 Å². The van der Waals surface area contributed by atoms with Crippen LogP contribution in [-0.4, -0.2) is 35.6 Å². The van der Waals surface area contributed by atoms with Gasteiger partial charge in [0.25, 0.3) is 0 Å². The number of ether oxygens (including phenoxy) is 1. The van der Waals surface area contributed by atoms with Gasteiger partial charge in [-0.2, -0.15) is 0 Å². The minimum Gasteiger partial charge on any atom is -0.449 e. The van der Waals surface area contributed by atoms with Gasteiger partial charge in [0.15, 0.2) is 0 Å². The average molecular weight is 451 g/mol. The quantitative estimate of drug-likeness (QED) is 0.407. The number of aliphatic hydroxyl groups excluding tert-OH is 2. The SMILES string of the molecule is Cc1cc(F)cc(C(O)C(O)CCNC(=O)OCC2c3ccccc3-c3ccccc32)c1N. The van der Waals surface area contributed by atoms with Gasteiger partial charge in [0.2, 0.25) is 0 Å². The Kier molecular flexibility index (Phi) is 6.62. The molecule has 3 aromatic rings. The summed E-state index contributed by atoms with van der Waals surface area (Å²) >= 11 is 0. The number of carbonyl (C=O) groups excluding carboxylic acids is 1. The van der Waals surface area contributed by atoms with Gasteiger partial charge < -0.3 is 26.0 Å². The van der Waals surface area contributed by atoms with E-state index in [2.05, 4.69) is 17.4 Å². The van der Waals surface area contributed by atoms with Crippen molar-refractivity contribution in [2.75, 3.05) is 18.9 Å². The molecule has 172 valence electrons. The fourth-order valence-corrected chi connectivity index (χ4v) is 4.36. The highest BCUT2D eigenvalue weighted by molar-refractivity contribution is 5.79. The molecule has 4 rings (SSSR count). The molecule has 0 bridgehead atoms. The molecule has 1 aliphatic rings. The van der Waals surface area contributed by atoms with Gasteiger partial charge >= 0.3 is 6.09 Å². The summed E-state index contributed by atoms with van der Waals surface area (Å²) in [6.45, 7) is 1.88. The normalized spacial score (nSPS) is 14.3. The van der Waals surface area contributed by atoms with Crippen LogP contribution in [0.25, 0.3) is 11.1 Å². The fourth-order valence-electron chi connectivity index (χ4n) is 4.36. The summed E-state index contributed by atoms with van der Waals surface area (Å²) in [6, 6.07) is 18.5. The van der Waals surface area contributed by atoms with Gasteiger partial charge in [-0.15, -0.1) is 0 Å². The Bertz CT molecular complexity index is 1120. The summed E-state index contributed by atoms with van der Waals surface area (Å²) in [4.78, 5) is 12.2. The molecule has 2 unspecified atom stereocenters. The number of fused-ring (bicyclic) bond motifs is 3. The van der Waals surface area contributed by atoms with Crippen LogP contribution in [0.5, 0.6) is 0 Å². The van der Waals surface area contributed by atoms with Crippen LogP contribution in [0.4, 0.5) is 14.9 Å². The van der Waals surface area contributed by atoms with E-state index in [4.69, 9.17) is 10.5 Å². The van der Waals surface area contributed by atoms with Crippen LogP contribution in [0, 0.1) is 12.7 Å². The summed E-state index contributed by atoms with van der Waals surface area (Å²) in [5.41, 5.74) is 11.3. The molecule has 7 heteroatoms. The molecule has 1 aliphatic carbocycles. The number of hydrogen-bond acceptors (Lipinski definition) is 5. The number of nitrogens with one attached hydrogen (secondary N) is 1. The van der Waals surface area contributed by atoms with E-state index in [1.54, 1.807) is 6.92 Å². The molecule has 0 spiro atoms. The summed E-state index contributed by atoms with van der Waals surface area (Å²) in [5, 5.41) is 23.3. The monoisotopic (exact) mass is 450 g/mol. The number of benzene rings is 3. The van der Waals surface area contributed by atoms with Crippen LogP contribution in [-0.2, 0) is 4.74 Å². The molecule has 3 aromatic carbocycles. The van der Waals surface area contributed by atoms with Crippen molar-refractivity contribution in [1.82, 2.24) is 5.32 Å². The van der Waals surface area contributed by atoms with Crippen LogP contribution in [0.3, 0.4) is 0 Å². The standard InChI is InChI=1S/C26H27FN2O4/c1-15-12-16(27)13-21(24(15)28)25(31)23(30)10-11-29-26(32)33-14-22-19-8-4-2-6-17(19)18-7-3-5-9-20(18)22/h2-9,12-13,22-23,25,30-31H,10-11,14,28H2,1H3,(H,29,32). The molecule has 0 heterocycles. The van der Waals surface area contributed by atoms with E-state index >= 15 is 0 Å². The van der Waals surface area contributed by atoms with Gasteiger partial charge in [-0.25, -0.2) is 9.18 Å². The van der Waals surface area contributed by atoms with E-state index in [1.165, 1.54) is 6.07 Å². The zero-order valence-corrected chi connectivity index (χ0v) is 18.3. The lowest BCUT2D eigenvalue weighted by molar-refractivity contribution is 0.0139. The number of anilines is 1. The zero-order valence-electron chi connectivity index (χ0n) is 18.3. The maximum atomic E-state index is 13.7. The minimum absolute atomic E-state index is 0.0420. The van der Waals surface area contributed by atoms with Crippen LogP contribution in [0.2, 0.25) is 0 Å². The molecule has 5 N–H and O–H groups in total. The molecule has 6 nitrogen and oxygen atoms in total. The van der Waals surface area contributed by atoms with Crippen LogP contribution in [0.15, 0.2) is 60.7 Å². The number of nitrogen functional groups attached to an aromatic ring is 1. The van der Waals surface area contributed by atoms with Crippen LogP contribution >= 0.6 is 0 Å². The van der Waals surface area contributed by atoms with Gasteiger partial charge in [0.05, 0.1) is 6.10 Å². The van der Waals surface area contributed by atoms with E-state index in [1.807, 2.05) is 36.4 Å². The molecule has 0 saturated heterocycles. The highest BCUT2D eigenvalue weighted by Gasteiger charge is 2.29. The van der Waals surface area contributed by atoms with E-state index in [0.29, 0.717) is 5.56 Å². The van der Waals surface area contributed by atoms with Crippen molar-refractivity contribution in [3.8, 4) is 11.1 Å². The third kappa shape index (κ3) is 4.69. The van der Waals surface area contributed by atoms with Gasteiger partial charge in [-0.1, -0.05) is 48.5 Å². The van der Waals surface area contributed by atoms with Gasteiger partial charge in [0, 0.05) is 23.7 Å². The van der Waals surface area contributed by atoms with Crippen LogP contribution in [0.1, 0.15) is 40.7 Å². The largest absolute Gasteiger partial charge is 0.449 e. The summed E-state index contributed by atoms with van der Waals surface area (Å²) in [5.74, 6) is -0.588. The fraction of sp³-hybridized carbons (Fsp3) is 0.269. The minimum atomic E-state index is -1.37. The number of carbonyl (C=O) groups is 1. The van der Waals surface area contributed by atoms with E-state index in [-0.39, 0.29) is 36.7 Å². The topological polar surface area (TPSA) is 105 Å². The Morgan fingerprint density at radius 1 is 1.09 bits per heavy atom. The van der Waals surface area contributed by atoms with Gasteiger partial charge in [-0.05, 0) is 53.3 Å². The van der Waals surface area contributed by atoms with Gasteiger partial charge in [-0.3, -0.25) is 0 Å². The average Bonchev–Trinajstić information content (AvgIpc) is 3.13. The summed E-state index contributed by atoms with van der Waals surface area (Å²) < 4.78 is 19.1. The van der Waals surface area contributed by atoms with E-state index in [0.717, 1.165) is 28.3 Å². The number of hydrogen-bond donors (Lipinski definition) is 4. The number of amides is 1. The third-order valence-electron chi connectivity index (χ3n) is 6.12. The second-order valence-corrected chi connectivity index (χ2v) is 8.28. The highest BCUT2D eigenvalue weighted by Crippen LogP contribution is 2.44. The van der Waals surface area contributed by atoms with Crippen LogP contribution < -0.4 is 11.1 Å². The molecule has 1 amide bonds. The number of aryl methyl sites for hydroxylation is 1. The van der Waals surface area contributed by atoms with Crippen molar-refractivity contribution in [1.29, 1.82) is 0 Å². The summed E-state index contributed by atoms with van der Waals surface area (Å²) in [7, 11) is 0. The lowest BCUT2D eigenvalue weighted by Gasteiger charge is -2.21. The Morgan fingerprint density at radius 2 is 1.70 bits per heavy atom. The van der Waals surface area contributed by atoms with E-state index < -0.39 is 24.1 Å². The zero-order chi connectivity index (χ0) is 23.5. The first-order valence-electron chi connectivity index (χ1n) is 10.9. The highest BCUT2D eigenvalue weighted by atomic mass is 19.1. The molecule has 2 atom stereocenters. The van der Waals surface area contributed by atoms with Crippen molar-refractivity contribution < 1.29 is 24.1 Å². The Labute approximate surface area is 191 Å². The molecular weight excluding hydrogens is 423 g/mol. The molecular formula is C26H27FN2O4. The number of rotatable bonds is 7. The summed E-state index contributed by atoms with van der Waals surface area (Å²) in [6.07, 6.45) is -3.17. The van der Waals surface area contributed by atoms with E-state index in [9.17, 15) is 19.4 Å². The number of nitrogens with two attached hydrogens (primary N) is 1. The predicted molar refractivity (Wildman–Crippen MR) is 124 cm³/mol. The predicted octanol–water partition coefficient (Wildman–Crippen LogP) is 4.04.